The molecule has 0 aliphatic carbocycles. The molecule has 0 aliphatic heterocycles. The third kappa shape index (κ3) is 3.80. The molecular weight excluding hydrogens is 361 g/mol. The lowest BCUT2D eigenvalue weighted by molar-refractivity contribution is -0.140. The number of benzene rings is 3. The highest BCUT2D eigenvalue weighted by Crippen LogP contribution is 2.42. The number of aliphatic carboxylic acids is 1. The summed E-state index contributed by atoms with van der Waals surface area (Å²) in [5.74, 6) is -0.840. The van der Waals surface area contributed by atoms with Crippen LogP contribution in [-0.4, -0.2) is 15.3 Å². The van der Waals surface area contributed by atoms with Crippen LogP contribution in [-0.2, 0) is 9.36 Å². The van der Waals surface area contributed by atoms with E-state index in [-0.39, 0.29) is 0 Å². The van der Waals surface area contributed by atoms with Gasteiger partial charge in [0.2, 0.25) is 0 Å². The summed E-state index contributed by atoms with van der Waals surface area (Å²) in [6.07, 6.45) is 0. The summed E-state index contributed by atoms with van der Waals surface area (Å²) in [4.78, 5) is 11.6. The lowest BCUT2D eigenvalue weighted by Crippen LogP contribution is -2.23. The average Bonchev–Trinajstić information content (AvgIpc) is 2.62. The molecular formula is C18H14ClNO4P+. The Kier molecular flexibility index (Phi) is 5.29. The van der Waals surface area contributed by atoms with Gasteiger partial charge in [0.25, 0.3) is 0 Å². The minimum absolute atomic E-state index is 0.377. The van der Waals surface area contributed by atoms with Gasteiger partial charge in [-0.25, -0.2) is 9.32 Å². The van der Waals surface area contributed by atoms with Crippen LogP contribution >= 0.6 is 20.0 Å². The molecule has 0 saturated carbocycles. The first-order valence-corrected chi connectivity index (χ1v) is 8.90. The second-order valence-electron chi connectivity index (χ2n) is 5.25. The predicted molar refractivity (Wildman–Crippen MR) is 96.7 cm³/mol. The number of carboxylic acid groups (broad SMARTS) is 1. The van der Waals surface area contributed by atoms with Crippen molar-refractivity contribution in [1.82, 2.24) is 4.19 Å². The highest BCUT2D eigenvalue weighted by atomic mass is 35.5. The number of carboxylic acids is 1. The minimum Gasteiger partial charge on any atom is -0.480 e. The van der Waals surface area contributed by atoms with Crippen LogP contribution in [0.2, 0.25) is 0 Å². The standard InChI is InChI=1S/C18H13ClNO4P/c19-20(17(18(21)22)14-8-2-1-3-9-14)25(23)24-16-12-6-10-13-7-4-5-11-15(13)16/h1-12,17H/p+1. The topological polar surface area (TPSA) is 66.8 Å². The molecule has 0 spiro atoms. The van der Waals surface area contributed by atoms with Crippen LogP contribution in [0, 0.1) is 0 Å². The molecule has 0 radical (unpaired) electrons. The number of fused-ring (bicyclic) bond motifs is 1. The highest BCUT2D eigenvalue weighted by Gasteiger charge is 2.43. The van der Waals surface area contributed by atoms with Crippen LogP contribution in [0.4, 0.5) is 0 Å². The summed E-state index contributed by atoms with van der Waals surface area (Å²) in [6, 6.07) is 19.8. The van der Waals surface area contributed by atoms with Crippen molar-refractivity contribution in [3.8, 4) is 5.75 Å². The number of hydrogen-bond donors (Lipinski definition) is 1. The van der Waals surface area contributed by atoms with Gasteiger partial charge < -0.3 is 5.11 Å². The summed E-state index contributed by atoms with van der Waals surface area (Å²) in [6.45, 7) is 0. The molecule has 2 unspecified atom stereocenters. The molecule has 5 nitrogen and oxygen atoms in total. The fourth-order valence-corrected chi connectivity index (χ4v) is 3.60. The van der Waals surface area contributed by atoms with Gasteiger partial charge in [0.1, 0.15) is 0 Å². The van der Waals surface area contributed by atoms with Crippen molar-refractivity contribution in [2.45, 2.75) is 6.04 Å². The zero-order valence-electron chi connectivity index (χ0n) is 12.9. The summed E-state index contributed by atoms with van der Waals surface area (Å²) in [5.41, 5.74) is 0.412. The smallest absolute Gasteiger partial charge is 0.480 e. The largest absolute Gasteiger partial charge is 0.683 e. The Morgan fingerprint density at radius 2 is 1.64 bits per heavy atom. The second-order valence-corrected chi connectivity index (χ2v) is 6.94. The summed E-state index contributed by atoms with van der Waals surface area (Å²) in [5, 5.41) is 11.2. The molecule has 3 rings (SSSR count). The molecule has 0 fully saturated rings. The first-order chi connectivity index (χ1) is 12.1. The Balaban J connectivity index is 1.87. The quantitative estimate of drug-likeness (QED) is 0.477. The van der Waals surface area contributed by atoms with E-state index in [4.69, 9.17) is 16.3 Å². The summed E-state index contributed by atoms with van der Waals surface area (Å²) >= 11 is 6.07. The molecule has 0 bridgehead atoms. The first kappa shape index (κ1) is 17.4. The van der Waals surface area contributed by atoms with Gasteiger partial charge in [-0.1, -0.05) is 66.7 Å². The Bertz CT molecular complexity index is 914. The van der Waals surface area contributed by atoms with Gasteiger partial charge in [0.15, 0.2) is 11.8 Å². The monoisotopic (exact) mass is 374 g/mol. The minimum atomic E-state index is -2.62. The van der Waals surface area contributed by atoms with Crippen LogP contribution in [0.3, 0.4) is 0 Å². The Hall–Kier alpha value is -2.46. The van der Waals surface area contributed by atoms with E-state index in [1.165, 1.54) is 0 Å². The second kappa shape index (κ2) is 7.62. The summed E-state index contributed by atoms with van der Waals surface area (Å²) in [7, 11) is -2.62. The zero-order chi connectivity index (χ0) is 17.8. The number of halogens is 1. The molecule has 2 atom stereocenters. The normalized spacial score (nSPS) is 12.8. The van der Waals surface area contributed by atoms with Crippen molar-refractivity contribution in [3.05, 3.63) is 78.4 Å². The molecule has 3 aromatic rings. The Morgan fingerprint density at radius 1 is 1.00 bits per heavy atom. The third-order valence-corrected chi connectivity index (χ3v) is 5.11. The van der Waals surface area contributed by atoms with Crippen LogP contribution in [0.15, 0.2) is 72.8 Å². The number of nitrogens with zero attached hydrogens (tertiary/aromatic N) is 1. The molecule has 7 heteroatoms. The lowest BCUT2D eigenvalue weighted by atomic mass is 10.1. The molecule has 0 saturated heterocycles. The Morgan fingerprint density at radius 3 is 2.36 bits per heavy atom. The van der Waals surface area contributed by atoms with Crippen LogP contribution in [0.25, 0.3) is 10.8 Å². The third-order valence-electron chi connectivity index (χ3n) is 3.64. The van der Waals surface area contributed by atoms with Gasteiger partial charge in [-0.2, -0.15) is 0 Å². The van der Waals surface area contributed by atoms with Crippen molar-refractivity contribution < 1.29 is 19.0 Å². The van der Waals surface area contributed by atoms with E-state index in [9.17, 15) is 14.5 Å². The molecule has 25 heavy (non-hydrogen) atoms. The Labute approximate surface area is 150 Å². The maximum Gasteiger partial charge on any atom is 0.683 e. The molecule has 0 amide bonds. The molecule has 3 aromatic carbocycles. The van der Waals surface area contributed by atoms with Crippen molar-refractivity contribution in [2.75, 3.05) is 0 Å². The number of carbonyl (C=O) groups is 1. The maximum atomic E-state index is 12.5. The SMILES string of the molecule is O=C(O)C(c1ccccc1)N(Cl)[P+](=O)Oc1cccc2ccccc12. The van der Waals surface area contributed by atoms with Crippen LogP contribution < -0.4 is 4.52 Å². The van der Waals surface area contributed by atoms with Gasteiger partial charge in [0, 0.05) is 21.7 Å². The van der Waals surface area contributed by atoms with Gasteiger partial charge in [-0.3, -0.25) is 0 Å². The summed E-state index contributed by atoms with van der Waals surface area (Å²) < 4.78 is 18.7. The van der Waals surface area contributed by atoms with E-state index in [1.54, 1.807) is 42.5 Å². The fourth-order valence-electron chi connectivity index (χ4n) is 2.48. The van der Waals surface area contributed by atoms with Gasteiger partial charge in [-0.15, -0.1) is 0 Å². The highest BCUT2D eigenvalue weighted by molar-refractivity contribution is 7.38. The van der Waals surface area contributed by atoms with Crippen molar-refractivity contribution in [2.24, 2.45) is 0 Å². The molecule has 0 aliphatic rings. The number of rotatable bonds is 6. The van der Waals surface area contributed by atoms with Gasteiger partial charge in [0.05, 0.1) is 4.19 Å². The van der Waals surface area contributed by atoms with Gasteiger partial charge in [-0.05, 0) is 17.0 Å². The van der Waals surface area contributed by atoms with Crippen LogP contribution in [0.1, 0.15) is 11.6 Å². The van der Waals surface area contributed by atoms with Crippen molar-refractivity contribution >= 4 is 36.7 Å². The molecule has 126 valence electrons. The molecule has 1 N–H and O–H groups in total. The lowest BCUT2D eigenvalue weighted by Gasteiger charge is -2.12. The predicted octanol–water partition coefficient (Wildman–Crippen LogP) is 5.16. The average molecular weight is 375 g/mol. The molecule has 0 heterocycles. The van der Waals surface area contributed by atoms with E-state index < -0.39 is 20.2 Å². The van der Waals surface area contributed by atoms with E-state index in [0.717, 1.165) is 10.8 Å². The molecule has 0 aromatic heterocycles. The fraction of sp³-hybridized carbons (Fsp3) is 0.0556. The van der Waals surface area contributed by atoms with E-state index in [1.807, 2.05) is 30.3 Å². The van der Waals surface area contributed by atoms with E-state index in [0.29, 0.717) is 15.5 Å². The van der Waals surface area contributed by atoms with Crippen LogP contribution in [0.5, 0.6) is 5.75 Å². The zero-order valence-corrected chi connectivity index (χ0v) is 14.6. The van der Waals surface area contributed by atoms with Crippen molar-refractivity contribution in [1.29, 1.82) is 0 Å². The number of hydrogen-bond acceptors (Lipinski definition) is 3. The maximum absolute atomic E-state index is 12.5. The van der Waals surface area contributed by atoms with E-state index in [2.05, 4.69) is 0 Å². The first-order valence-electron chi connectivity index (χ1n) is 7.43. The van der Waals surface area contributed by atoms with Gasteiger partial charge >= 0.3 is 14.1 Å². The van der Waals surface area contributed by atoms with E-state index >= 15 is 0 Å². The van der Waals surface area contributed by atoms with Crippen molar-refractivity contribution in [3.63, 3.8) is 0 Å².